The van der Waals surface area contributed by atoms with Crippen molar-refractivity contribution >= 4 is 5.69 Å². The van der Waals surface area contributed by atoms with E-state index in [-0.39, 0.29) is 5.56 Å². The van der Waals surface area contributed by atoms with Crippen LogP contribution in [0.2, 0.25) is 0 Å². The van der Waals surface area contributed by atoms with Crippen molar-refractivity contribution in [3.63, 3.8) is 0 Å². The second kappa shape index (κ2) is 5.53. The summed E-state index contributed by atoms with van der Waals surface area (Å²) < 4.78 is 3.66. The molecule has 0 radical (unpaired) electrons. The second-order valence-corrected chi connectivity index (χ2v) is 5.51. The molecule has 2 aromatic heterocycles. The van der Waals surface area contributed by atoms with Gasteiger partial charge >= 0.3 is 0 Å². The molecule has 2 N–H and O–H groups in total. The summed E-state index contributed by atoms with van der Waals surface area (Å²) in [6, 6.07) is 5.63. The number of aromatic nitrogens is 3. The van der Waals surface area contributed by atoms with Gasteiger partial charge in [0.1, 0.15) is 0 Å². The van der Waals surface area contributed by atoms with Crippen molar-refractivity contribution in [3.05, 3.63) is 46.6 Å². The maximum atomic E-state index is 11.8. The van der Waals surface area contributed by atoms with Gasteiger partial charge in [-0.1, -0.05) is 19.3 Å². The molecule has 0 amide bonds. The molecule has 0 unspecified atom stereocenters. The molecule has 2 aromatic rings. The van der Waals surface area contributed by atoms with Gasteiger partial charge in [-0.25, -0.2) is 0 Å². The lowest BCUT2D eigenvalue weighted by Crippen LogP contribution is -2.20. The lowest BCUT2D eigenvalue weighted by atomic mass is 9.96. The predicted octanol–water partition coefficient (Wildman–Crippen LogP) is 2.18. The van der Waals surface area contributed by atoms with Gasteiger partial charge in [-0.15, -0.1) is 0 Å². The van der Waals surface area contributed by atoms with Gasteiger partial charge in [-0.3, -0.25) is 9.48 Å². The fraction of sp³-hybridized carbons (Fsp3) is 0.467. The van der Waals surface area contributed by atoms with Crippen LogP contribution in [0.3, 0.4) is 0 Å². The molecular weight excluding hydrogens is 252 g/mol. The third-order valence-electron chi connectivity index (χ3n) is 3.95. The molecule has 0 atom stereocenters. The van der Waals surface area contributed by atoms with Gasteiger partial charge in [-0.2, -0.15) is 5.10 Å². The zero-order valence-electron chi connectivity index (χ0n) is 11.5. The lowest BCUT2D eigenvalue weighted by Gasteiger charge is -2.21. The Morgan fingerprint density at radius 1 is 1.20 bits per heavy atom. The zero-order chi connectivity index (χ0) is 13.9. The maximum Gasteiger partial charge on any atom is 0.251 e. The first-order valence-corrected chi connectivity index (χ1v) is 7.22. The maximum absolute atomic E-state index is 11.8. The Bertz CT molecular complexity index is 637. The fourth-order valence-corrected chi connectivity index (χ4v) is 2.86. The number of nitrogen functional groups attached to an aromatic ring is 1. The van der Waals surface area contributed by atoms with E-state index in [1.807, 2.05) is 12.3 Å². The third kappa shape index (κ3) is 2.76. The van der Waals surface area contributed by atoms with Crippen LogP contribution in [0.15, 0.2) is 35.4 Å². The Hall–Kier alpha value is -2.04. The second-order valence-electron chi connectivity index (χ2n) is 5.51. The number of rotatable bonds is 3. The summed E-state index contributed by atoms with van der Waals surface area (Å²) in [7, 11) is 0. The van der Waals surface area contributed by atoms with Crippen LogP contribution in [0.1, 0.15) is 43.8 Å². The topological polar surface area (TPSA) is 65.8 Å². The monoisotopic (exact) mass is 272 g/mol. The Kier molecular flexibility index (Phi) is 3.58. The van der Waals surface area contributed by atoms with Crippen molar-refractivity contribution in [2.45, 2.75) is 44.7 Å². The van der Waals surface area contributed by atoms with E-state index in [9.17, 15) is 4.79 Å². The summed E-state index contributed by atoms with van der Waals surface area (Å²) in [5, 5.41) is 4.62. The van der Waals surface area contributed by atoms with Crippen molar-refractivity contribution in [2.24, 2.45) is 0 Å². The molecule has 3 rings (SSSR count). The van der Waals surface area contributed by atoms with Crippen molar-refractivity contribution < 1.29 is 0 Å². The molecular formula is C15H20N4O. The number of pyridine rings is 1. The molecule has 1 saturated carbocycles. The van der Waals surface area contributed by atoms with Gasteiger partial charge in [0, 0.05) is 24.1 Å². The predicted molar refractivity (Wildman–Crippen MR) is 78.6 cm³/mol. The van der Waals surface area contributed by atoms with Gasteiger partial charge in [0.05, 0.1) is 18.3 Å². The van der Waals surface area contributed by atoms with E-state index in [1.165, 1.54) is 38.2 Å². The smallest absolute Gasteiger partial charge is 0.251 e. The Balaban J connectivity index is 1.76. The highest BCUT2D eigenvalue weighted by molar-refractivity contribution is 5.33. The molecule has 5 heteroatoms. The molecule has 20 heavy (non-hydrogen) atoms. The molecule has 1 aliphatic rings. The molecule has 0 saturated heterocycles. The van der Waals surface area contributed by atoms with E-state index in [4.69, 9.17) is 5.73 Å². The first-order valence-electron chi connectivity index (χ1n) is 7.22. The SMILES string of the molecule is Nc1ccc(=O)n(Cc2ccn(C3CCCCC3)n2)c1. The van der Waals surface area contributed by atoms with Gasteiger partial charge in [0.15, 0.2) is 0 Å². The number of nitrogens with zero attached hydrogens (tertiary/aromatic N) is 3. The minimum Gasteiger partial charge on any atom is -0.398 e. The first kappa shape index (κ1) is 13.0. The van der Waals surface area contributed by atoms with Crippen LogP contribution in [0, 0.1) is 0 Å². The Labute approximate surface area is 118 Å². The van der Waals surface area contributed by atoms with E-state index in [0.29, 0.717) is 18.3 Å². The van der Waals surface area contributed by atoms with Gasteiger partial charge in [0.25, 0.3) is 5.56 Å². The molecule has 0 spiro atoms. The molecule has 2 heterocycles. The van der Waals surface area contributed by atoms with Crippen LogP contribution in [0.25, 0.3) is 0 Å². The summed E-state index contributed by atoms with van der Waals surface area (Å²) >= 11 is 0. The lowest BCUT2D eigenvalue weighted by molar-refractivity contribution is 0.328. The molecule has 5 nitrogen and oxygen atoms in total. The van der Waals surface area contributed by atoms with Crippen LogP contribution in [0.5, 0.6) is 0 Å². The summed E-state index contributed by atoms with van der Waals surface area (Å²) in [6.07, 6.45) is 10.0. The van der Waals surface area contributed by atoms with Gasteiger partial charge in [0.2, 0.25) is 0 Å². The Morgan fingerprint density at radius 3 is 2.80 bits per heavy atom. The number of hydrogen-bond donors (Lipinski definition) is 1. The first-order chi connectivity index (χ1) is 9.72. The van der Waals surface area contributed by atoms with E-state index >= 15 is 0 Å². The zero-order valence-corrected chi connectivity index (χ0v) is 11.5. The third-order valence-corrected chi connectivity index (χ3v) is 3.95. The van der Waals surface area contributed by atoms with Crippen molar-refractivity contribution in [2.75, 3.05) is 5.73 Å². The van der Waals surface area contributed by atoms with Crippen LogP contribution in [-0.4, -0.2) is 14.3 Å². The van der Waals surface area contributed by atoms with Crippen LogP contribution in [-0.2, 0) is 6.54 Å². The quantitative estimate of drug-likeness (QED) is 0.931. The molecule has 1 aliphatic carbocycles. The highest BCUT2D eigenvalue weighted by Gasteiger charge is 2.16. The average molecular weight is 272 g/mol. The van der Waals surface area contributed by atoms with Crippen LogP contribution >= 0.6 is 0 Å². The summed E-state index contributed by atoms with van der Waals surface area (Å²) in [5.74, 6) is 0. The molecule has 0 bridgehead atoms. The van der Waals surface area contributed by atoms with Crippen molar-refractivity contribution in [3.8, 4) is 0 Å². The summed E-state index contributed by atoms with van der Waals surface area (Å²) in [4.78, 5) is 11.8. The molecule has 0 aromatic carbocycles. The largest absolute Gasteiger partial charge is 0.398 e. The fourth-order valence-electron chi connectivity index (χ4n) is 2.86. The molecule has 1 fully saturated rings. The van der Waals surface area contributed by atoms with E-state index < -0.39 is 0 Å². The van der Waals surface area contributed by atoms with Crippen molar-refractivity contribution in [1.82, 2.24) is 14.3 Å². The van der Waals surface area contributed by atoms with E-state index in [1.54, 1.807) is 16.8 Å². The Morgan fingerprint density at radius 2 is 2.00 bits per heavy atom. The normalized spacial score (nSPS) is 16.4. The highest BCUT2D eigenvalue weighted by Crippen LogP contribution is 2.27. The summed E-state index contributed by atoms with van der Waals surface area (Å²) in [6.45, 7) is 0.476. The summed E-state index contributed by atoms with van der Waals surface area (Å²) in [5.41, 5.74) is 7.17. The van der Waals surface area contributed by atoms with Crippen LogP contribution in [0.4, 0.5) is 5.69 Å². The van der Waals surface area contributed by atoms with Gasteiger partial charge < -0.3 is 10.3 Å². The minimum atomic E-state index is -0.0496. The van der Waals surface area contributed by atoms with E-state index in [0.717, 1.165) is 5.69 Å². The minimum absolute atomic E-state index is 0.0496. The average Bonchev–Trinajstić information content (AvgIpc) is 2.92. The van der Waals surface area contributed by atoms with Crippen LogP contribution < -0.4 is 11.3 Å². The number of hydrogen-bond acceptors (Lipinski definition) is 3. The van der Waals surface area contributed by atoms with E-state index in [2.05, 4.69) is 9.78 Å². The molecule has 106 valence electrons. The number of nitrogens with two attached hydrogens (primary N) is 1. The standard InChI is InChI=1S/C15H20N4O/c16-12-6-7-15(20)18(10-12)11-13-8-9-19(17-13)14-4-2-1-3-5-14/h6-10,14H,1-5,11,16H2. The highest BCUT2D eigenvalue weighted by atomic mass is 16.1. The van der Waals surface area contributed by atoms with Gasteiger partial charge in [-0.05, 0) is 25.0 Å². The molecule has 0 aliphatic heterocycles. The van der Waals surface area contributed by atoms with Crippen molar-refractivity contribution in [1.29, 1.82) is 0 Å². The number of anilines is 1.